The Morgan fingerprint density at radius 3 is 1.37 bits per heavy atom. The first kappa shape index (κ1) is 34.8. The maximum Gasteiger partial charge on any atom is 0.219 e. The predicted molar refractivity (Wildman–Crippen MR) is 155 cm³/mol. The summed E-state index contributed by atoms with van der Waals surface area (Å²) in [5, 5.41) is 0. The van der Waals surface area contributed by atoms with E-state index in [-0.39, 0.29) is 21.7 Å². The lowest BCUT2D eigenvalue weighted by Crippen LogP contribution is -2.68. The van der Waals surface area contributed by atoms with Crippen LogP contribution in [0.4, 0.5) is 0 Å². The topological polar surface area (TPSA) is 92.2 Å². The fourth-order valence-electron chi connectivity index (χ4n) is 3.11. The van der Waals surface area contributed by atoms with Crippen LogP contribution in [0.15, 0.2) is 64.0 Å². The number of rotatable bonds is 3. The summed E-state index contributed by atoms with van der Waals surface area (Å²) < 4.78 is 34.0. The van der Waals surface area contributed by atoms with Crippen molar-refractivity contribution in [3.05, 3.63) is 79.3 Å². The molecular formula is C31H45ClO4S2. The van der Waals surface area contributed by atoms with Crippen molar-refractivity contribution < 1.29 is 28.9 Å². The third-order valence-electron chi connectivity index (χ3n) is 5.39. The van der Waals surface area contributed by atoms with E-state index in [1.165, 1.54) is 30.7 Å². The molecule has 2 heterocycles. The molecule has 1 aromatic heterocycles. The van der Waals surface area contributed by atoms with Gasteiger partial charge in [0.15, 0.2) is 0 Å². The Morgan fingerprint density at radius 2 is 1.03 bits per heavy atom. The van der Waals surface area contributed by atoms with Gasteiger partial charge in [-0.3, -0.25) is 0 Å². The lowest BCUT2D eigenvalue weighted by molar-refractivity contribution is -2.00. The summed E-state index contributed by atoms with van der Waals surface area (Å²) in [6, 6.07) is 4.69. The molecule has 212 valence electrons. The minimum absolute atomic E-state index is 0.155. The van der Waals surface area contributed by atoms with Gasteiger partial charge in [0.2, 0.25) is 21.1 Å². The highest BCUT2D eigenvalue weighted by atomic mass is 35.7. The van der Waals surface area contributed by atoms with E-state index in [2.05, 4.69) is 138 Å². The van der Waals surface area contributed by atoms with Crippen molar-refractivity contribution in [3.63, 3.8) is 0 Å². The molecule has 2 rings (SSSR count). The first-order valence-electron chi connectivity index (χ1n) is 12.7. The van der Waals surface area contributed by atoms with Crippen LogP contribution in [0, 0.1) is 21.1 Å². The van der Waals surface area contributed by atoms with Gasteiger partial charge in [-0.2, -0.15) is 0 Å². The number of halogens is 1. The Bertz CT molecular complexity index is 1040. The average Bonchev–Trinajstić information content (AvgIpc) is 2.69. The van der Waals surface area contributed by atoms with Crippen LogP contribution < -0.4 is 18.6 Å². The van der Waals surface area contributed by atoms with Crippen LogP contribution >= 0.6 is 23.1 Å². The summed E-state index contributed by atoms with van der Waals surface area (Å²) in [5.74, 6) is 0. The molecule has 0 amide bonds. The van der Waals surface area contributed by atoms with Crippen LogP contribution in [0.5, 0.6) is 0 Å². The van der Waals surface area contributed by atoms with Gasteiger partial charge in [0.25, 0.3) is 0 Å². The molecule has 0 unspecified atom stereocenters. The van der Waals surface area contributed by atoms with E-state index in [0.29, 0.717) is 0 Å². The van der Waals surface area contributed by atoms with Gasteiger partial charge < -0.3 is 0 Å². The largest absolute Gasteiger partial charge is 0.222 e. The fourth-order valence-corrected chi connectivity index (χ4v) is 5.59. The molecule has 4 nitrogen and oxygen atoms in total. The quantitative estimate of drug-likeness (QED) is 0.324. The molecular weight excluding hydrogens is 536 g/mol. The Labute approximate surface area is 241 Å². The number of thioether (sulfide) groups is 1. The molecule has 1 aromatic rings. The zero-order chi connectivity index (χ0) is 29.7. The van der Waals surface area contributed by atoms with Crippen LogP contribution in [0.2, 0.25) is 0 Å². The smallest absolute Gasteiger partial charge is 0.219 e. The first-order valence-corrected chi connectivity index (χ1v) is 15.5. The summed E-state index contributed by atoms with van der Waals surface area (Å²) in [6.45, 7) is 27.6. The van der Waals surface area contributed by atoms with E-state index in [1.807, 2.05) is 23.1 Å². The monoisotopic (exact) mass is 580 g/mol. The van der Waals surface area contributed by atoms with Gasteiger partial charge in [0, 0.05) is 23.0 Å². The molecule has 0 fully saturated rings. The van der Waals surface area contributed by atoms with Gasteiger partial charge in [0.05, 0.1) is 0 Å². The Kier molecular flexibility index (Phi) is 11.8. The highest BCUT2D eigenvalue weighted by Gasteiger charge is 2.31. The molecule has 0 bridgehead atoms. The molecule has 0 atom stereocenters. The van der Waals surface area contributed by atoms with Crippen molar-refractivity contribution in [1.82, 2.24) is 0 Å². The molecule has 0 N–H and O–H groups in total. The van der Waals surface area contributed by atoms with Gasteiger partial charge in [0.1, 0.15) is 0 Å². The predicted octanol–water partition coefficient (Wildman–Crippen LogP) is 5.97. The molecule has 0 radical (unpaired) electrons. The average molecular weight is 581 g/mol. The van der Waals surface area contributed by atoms with Crippen molar-refractivity contribution in [3.8, 4) is 0 Å². The van der Waals surface area contributed by atoms with Crippen LogP contribution in [0.3, 0.4) is 0 Å². The Hall–Kier alpha value is -1.25. The van der Waals surface area contributed by atoms with Crippen molar-refractivity contribution in [1.29, 1.82) is 0 Å². The summed E-state index contributed by atoms with van der Waals surface area (Å²) in [4.78, 5) is 5.72. The minimum atomic E-state index is -4.94. The number of hydrogen-bond donors (Lipinski definition) is 0. The third-order valence-corrected chi connectivity index (χ3v) is 9.19. The van der Waals surface area contributed by atoms with E-state index in [4.69, 9.17) is 18.6 Å². The van der Waals surface area contributed by atoms with Gasteiger partial charge in [-0.15, -0.1) is 10.2 Å². The van der Waals surface area contributed by atoms with E-state index in [0.717, 1.165) is 0 Å². The fraction of sp³-hybridized carbons (Fsp3) is 0.516. The maximum absolute atomic E-state index is 8.49. The van der Waals surface area contributed by atoms with Crippen LogP contribution in [0.1, 0.15) is 98.4 Å². The normalized spacial score (nSPS) is 15.8. The molecule has 1 aliphatic heterocycles. The van der Waals surface area contributed by atoms with Crippen molar-refractivity contribution in [2.45, 2.75) is 93.9 Å². The van der Waals surface area contributed by atoms with E-state index < -0.39 is 10.2 Å². The van der Waals surface area contributed by atoms with Gasteiger partial charge in [-0.25, -0.2) is 18.6 Å². The van der Waals surface area contributed by atoms with Crippen molar-refractivity contribution in [2.75, 3.05) is 0 Å². The summed E-state index contributed by atoms with van der Waals surface area (Å²) in [6.07, 6.45) is 15.6. The molecule has 0 aromatic carbocycles. The van der Waals surface area contributed by atoms with Crippen LogP contribution in [0.25, 0.3) is 6.08 Å². The highest BCUT2D eigenvalue weighted by molar-refractivity contribution is 8.06. The molecule has 0 aliphatic carbocycles. The standard InChI is InChI=1S/C31H45S2.ClHO4/c1-28(2,3)24-18-22(19-25(32-24)29(4,5)6)16-14-13-15-17-23-20-26(30(7,8)9)33-27(21-23)31(10,11)12;2-1(3,4)5/h13-21H,1-12H3;(H,2,3,4,5)/q+1;/p-1. The molecule has 0 saturated heterocycles. The summed E-state index contributed by atoms with van der Waals surface area (Å²) >= 11 is 3.88. The molecule has 1 aliphatic rings. The second-order valence-electron chi connectivity index (χ2n) is 13.5. The Morgan fingerprint density at radius 1 is 0.632 bits per heavy atom. The molecule has 0 saturated carbocycles. The second kappa shape index (κ2) is 12.9. The third kappa shape index (κ3) is 13.2. The number of allylic oxidation sites excluding steroid dienone is 9. The minimum Gasteiger partial charge on any atom is -0.222 e. The van der Waals surface area contributed by atoms with Crippen LogP contribution in [-0.2, 0) is 10.8 Å². The lowest BCUT2D eigenvalue weighted by atomic mass is 9.91. The van der Waals surface area contributed by atoms with Gasteiger partial charge in [-0.1, -0.05) is 125 Å². The SMILES string of the molecule is CC(C)(C)C1=CC(=CC=CC=Cc2cc(C(C)(C)C)[s+]c(C(C)(C)C)c2)C=C(C(C)(C)C)S1.[O-][Cl+3]([O-])([O-])[O-]. The van der Waals surface area contributed by atoms with E-state index in [1.54, 1.807) is 0 Å². The molecule has 38 heavy (non-hydrogen) atoms. The second-order valence-corrected chi connectivity index (χ2v) is 16.5. The zero-order valence-corrected chi connectivity index (χ0v) is 27.4. The molecule has 7 heteroatoms. The first-order chi connectivity index (χ1) is 16.9. The lowest BCUT2D eigenvalue weighted by Gasteiger charge is -2.31. The zero-order valence-electron chi connectivity index (χ0n) is 25.0. The maximum atomic E-state index is 8.49. The van der Waals surface area contributed by atoms with Crippen molar-refractivity contribution in [2.24, 2.45) is 10.8 Å². The van der Waals surface area contributed by atoms with Gasteiger partial charge >= 0.3 is 0 Å². The molecule has 0 spiro atoms. The highest BCUT2D eigenvalue weighted by Crippen LogP contribution is 2.48. The summed E-state index contributed by atoms with van der Waals surface area (Å²) in [7, 11) is -4.94. The Balaban J connectivity index is 0.00000132. The van der Waals surface area contributed by atoms with Crippen LogP contribution in [-0.4, -0.2) is 0 Å². The number of hydrogen-bond acceptors (Lipinski definition) is 5. The van der Waals surface area contributed by atoms with E-state index >= 15 is 0 Å². The van der Waals surface area contributed by atoms with Gasteiger partial charge in [-0.05, 0) is 43.9 Å². The van der Waals surface area contributed by atoms with Crippen molar-refractivity contribution >= 4 is 29.2 Å². The van der Waals surface area contributed by atoms with E-state index in [9.17, 15) is 0 Å². The summed E-state index contributed by atoms with van der Waals surface area (Å²) in [5.41, 5.74) is 3.17.